The van der Waals surface area contributed by atoms with E-state index >= 15 is 0 Å². The minimum Gasteiger partial charge on any atom is -0.506 e. The second-order valence-electron chi connectivity index (χ2n) is 9.14. The van der Waals surface area contributed by atoms with Gasteiger partial charge in [-0.05, 0) is 0 Å². The number of nitrogens with one attached hydrogen (secondary N) is 2. The van der Waals surface area contributed by atoms with Gasteiger partial charge in [0.2, 0.25) is 17.2 Å². The summed E-state index contributed by atoms with van der Waals surface area (Å²) in [5.74, 6) is -28.1. The van der Waals surface area contributed by atoms with Crippen molar-refractivity contribution < 1.29 is 96.7 Å². The number of carbonyl (C=O) groups is 1. The number of carboxylic acids is 1. The molecule has 3 aromatic rings. The molecule has 3 rings (SSSR count). The highest BCUT2D eigenvalue weighted by molar-refractivity contribution is 6.34. The first kappa shape index (κ1) is 34.1. The van der Waals surface area contributed by atoms with Crippen molar-refractivity contribution in [1.29, 1.82) is 0 Å². The van der Waals surface area contributed by atoms with Crippen LogP contribution >= 0.6 is 11.6 Å². The standard InChI is InChI=1S/C23H23ClN2O19/c24-6-9(28)4(13(32)18(37)15(6)34)20(39)23(44,45)25-1-22(42,43)26-7-10(29)3(12(31)19(38)16(7)35)2-8(27)5(21(40)41)14(33)17(36)11(2)30/h20,25-39,42-45H,1H2,(H,40,41). The molecule has 0 amide bonds. The smallest absolute Gasteiger partial charge is 0.343 e. The average Bonchev–Trinajstić information content (AvgIpc) is 2.95. The summed E-state index contributed by atoms with van der Waals surface area (Å²) in [4.78, 5) is 11.5. The molecule has 20 N–H and O–H groups in total. The normalized spacial score (nSPS) is 12.7. The molecule has 0 saturated carbocycles. The lowest BCUT2D eigenvalue weighted by Crippen LogP contribution is -2.57. The van der Waals surface area contributed by atoms with E-state index in [0.717, 1.165) is 0 Å². The SMILES string of the molecule is O=C(O)c1c(O)c(O)c(O)c(-c2c(O)c(O)c(O)c(NC(O)(O)CNC(O)(O)C(O)c3c(O)c(O)c(O)c(Cl)c3O)c2O)c1O. The Kier molecular flexibility index (Phi) is 8.52. The summed E-state index contributed by atoms with van der Waals surface area (Å²) in [6.07, 6.45) is -2.92. The maximum atomic E-state index is 11.5. The first-order valence-corrected chi connectivity index (χ1v) is 11.9. The van der Waals surface area contributed by atoms with Gasteiger partial charge in [-0.1, -0.05) is 11.6 Å². The highest BCUT2D eigenvalue weighted by Crippen LogP contribution is 2.61. The second kappa shape index (κ2) is 11.3. The van der Waals surface area contributed by atoms with Crippen molar-refractivity contribution in [2.24, 2.45) is 0 Å². The van der Waals surface area contributed by atoms with Crippen LogP contribution in [-0.4, -0.2) is 116 Å². The largest absolute Gasteiger partial charge is 0.506 e. The van der Waals surface area contributed by atoms with Gasteiger partial charge in [-0.3, -0.25) is 5.32 Å². The summed E-state index contributed by atoms with van der Waals surface area (Å²) in [5, 5.41) is 184. The second-order valence-corrected chi connectivity index (χ2v) is 9.52. The van der Waals surface area contributed by atoms with E-state index in [-0.39, 0.29) is 0 Å². The molecule has 22 heteroatoms. The highest BCUT2D eigenvalue weighted by atomic mass is 35.5. The van der Waals surface area contributed by atoms with Crippen LogP contribution in [-0.2, 0) is 0 Å². The van der Waals surface area contributed by atoms with Crippen molar-refractivity contribution in [2.75, 3.05) is 11.9 Å². The zero-order valence-corrected chi connectivity index (χ0v) is 22.4. The van der Waals surface area contributed by atoms with E-state index in [4.69, 9.17) is 11.6 Å². The lowest BCUT2D eigenvalue weighted by molar-refractivity contribution is -0.261. The fourth-order valence-electron chi connectivity index (χ4n) is 3.93. The number of aromatic hydroxyl groups is 12. The maximum Gasteiger partial charge on any atom is 0.343 e. The molecule has 1 unspecified atom stereocenters. The molecule has 3 aromatic carbocycles. The Hall–Kier alpha value is -5.42. The van der Waals surface area contributed by atoms with Gasteiger partial charge >= 0.3 is 5.97 Å². The van der Waals surface area contributed by atoms with E-state index in [0.29, 0.717) is 0 Å². The highest BCUT2D eigenvalue weighted by Gasteiger charge is 2.43. The third kappa shape index (κ3) is 5.53. The molecule has 246 valence electrons. The van der Waals surface area contributed by atoms with Crippen molar-refractivity contribution in [3.8, 4) is 80.1 Å². The number of carboxylic acid groups (broad SMARTS) is 1. The van der Waals surface area contributed by atoms with Crippen LogP contribution in [0.5, 0.6) is 69.0 Å². The van der Waals surface area contributed by atoms with Crippen LogP contribution in [0.4, 0.5) is 5.69 Å². The van der Waals surface area contributed by atoms with Gasteiger partial charge in [0, 0.05) is 0 Å². The molecule has 0 spiro atoms. The number of rotatable bonds is 9. The van der Waals surface area contributed by atoms with Gasteiger partial charge in [0.15, 0.2) is 46.4 Å². The Bertz CT molecular complexity index is 1700. The average molecular weight is 667 g/mol. The van der Waals surface area contributed by atoms with Crippen LogP contribution in [0, 0.1) is 0 Å². The minimum absolute atomic E-state index is 1.07. The van der Waals surface area contributed by atoms with Crippen molar-refractivity contribution >= 4 is 23.3 Å². The third-order valence-corrected chi connectivity index (χ3v) is 6.56. The number of hydrogen-bond acceptors (Lipinski definition) is 20. The van der Waals surface area contributed by atoms with Crippen molar-refractivity contribution in [3.05, 3.63) is 16.1 Å². The van der Waals surface area contributed by atoms with E-state index in [2.05, 4.69) is 0 Å². The first-order valence-electron chi connectivity index (χ1n) is 11.5. The van der Waals surface area contributed by atoms with Gasteiger partial charge < -0.3 is 97.2 Å². The summed E-state index contributed by atoms with van der Waals surface area (Å²) >= 11 is 5.54. The van der Waals surface area contributed by atoms with Crippen LogP contribution in [0.15, 0.2) is 0 Å². The van der Waals surface area contributed by atoms with Gasteiger partial charge in [-0.2, -0.15) is 0 Å². The third-order valence-electron chi connectivity index (χ3n) is 6.21. The van der Waals surface area contributed by atoms with Crippen molar-refractivity contribution in [1.82, 2.24) is 5.32 Å². The molecule has 0 saturated heterocycles. The Morgan fingerprint density at radius 3 is 1.60 bits per heavy atom. The fourth-order valence-corrected chi connectivity index (χ4v) is 4.12. The van der Waals surface area contributed by atoms with Gasteiger partial charge in [0.1, 0.15) is 27.8 Å². The molecule has 0 bridgehead atoms. The number of aromatic carboxylic acids is 1. The van der Waals surface area contributed by atoms with Crippen LogP contribution in [0.2, 0.25) is 5.02 Å². The first-order chi connectivity index (χ1) is 20.5. The van der Waals surface area contributed by atoms with Crippen LogP contribution < -0.4 is 10.6 Å². The van der Waals surface area contributed by atoms with Crippen LogP contribution in [0.25, 0.3) is 11.1 Å². The summed E-state index contributed by atoms with van der Waals surface area (Å²) < 4.78 is 0. The monoisotopic (exact) mass is 666 g/mol. The number of aliphatic hydroxyl groups is 5. The van der Waals surface area contributed by atoms with E-state index in [9.17, 15) is 96.7 Å². The molecule has 0 radical (unpaired) electrons. The molecular formula is C23H23ClN2O19. The molecule has 0 aromatic heterocycles. The minimum atomic E-state index is -3.80. The number of phenols is 12. The van der Waals surface area contributed by atoms with Gasteiger partial charge in [-0.15, -0.1) is 0 Å². The fraction of sp³-hybridized carbons (Fsp3) is 0.174. The van der Waals surface area contributed by atoms with E-state index < -0.39 is 132 Å². The van der Waals surface area contributed by atoms with Crippen molar-refractivity contribution in [3.63, 3.8) is 0 Å². The van der Waals surface area contributed by atoms with E-state index in [1.165, 1.54) is 10.6 Å². The topological polar surface area (TPSA) is 405 Å². The Balaban J connectivity index is 2.06. The number of halogens is 1. The van der Waals surface area contributed by atoms with Gasteiger partial charge in [0.25, 0.3) is 11.8 Å². The molecule has 0 aliphatic carbocycles. The molecule has 0 aliphatic heterocycles. The molecule has 1 atom stereocenters. The van der Waals surface area contributed by atoms with Gasteiger partial charge in [-0.25, -0.2) is 4.79 Å². The van der Waals surface area contributed by atoms with E-state index in [1.54, 1.807) is 0 Å². The quantitative estimate of drug-likeness (QED) is 0.0678. The van der Waals surface area contributed by atoms with Crippen molar-refractivity contribution in [2.45, 2.75) is 17.9 Å². The molecular weight excluding hydrogens is 644 g/mol. The molecule has 0 heterocycles. The Labute approximate surface area is 251 Å². The zero-order chi connectivity index (χ0) is 34.7. The number of hydrogen-bond donors (Lipinski definition) is 20. The lowest BCUT2D eigenvalue weighted by atomic mass is 9.95. The number of aliphatic hydroxyl groups excluding tert-OH is 1. The predicted octanol–water partition coefficient (Wildman–Crippen LogP) is -1.82. The number of benzene rings is 3. The summed E-state index contributed by atoms with van der Waals surface area (Å²) in [5.41, 5.74) is -7.00. The Morgan fingerprint density at radius 1 is 0.622 bits per heavy atom. The molecule has 0 aliphatic rings. The lowest BCUT2D eigenvalue weighted by Gasteiger charge is -2.33. The molecule has 21 nitrogen and oxygen atoms in total. The van der Waals surface area contributed by atoms with Gasteiger partial charge in [0.05, 0.1) is 23.2 Å². The molecule has 0 fully saturated rings. The van der Waals surface area contributed by atoms with Crippen LogP contribution in [0.3, 0.4) is 0 Å². The molecule has 45 heavy (non-hydrogen) atoms. The predicted molar refractivity (Wildman–Crippen MR) is 141 cm³/mol. The van der Waals surface area contributed by atoms with Crippen LogP contribution in [0.1, 0.15) is 22.0 Å². The number of anilines is 1. The summed E-state index contributed by atoms with van der Waals surface area (Å²) in [6.45, 7) is -1.62. The summed E-state index contributed by atoms with van der Waals surface area (Å²) in [7, 11) is 0. The number of phenolic OH excluding ortho intramolecular Hbond substituents is 10. The maximum absolute atomic E-state index is 11.5. The van der Waals surface area contributed by atoms with E-state index in [1.807, 2.05) is 0 Å². The summed E-state index contributed by atoms with van der Waals surface area (Å²) in [6, 6.07) is 0. The zero-order valence-electron chi connectivity index (χ0n) is 21.6. The Morgan fingerprint density at radius 2 is 1.09 bits per heavy atom.